The van der Waals surface area contributed by atoms with Crippen LogP contribution in [0.4, 0.5) is 5.69 Å². The Morgan fingerprint density at radius 3 is 2.81 bits per heavy atom. The van der Waals surface area contributed by atoms with Crippen LogP contribution in [0.15, 0.2) is 34.5 Å². The normalized spacial score (nSPS) is 19.8. The number of rotatable bonds is 4. The highest BCUT2D eigenvalue weighted by Gasteiger charge is 2.34. The topological polar surface area (TPSA) is 84.9 Å². The van der Waals surface area contributed by atoms with Crippen molar-refractivity contribution in [2.45, 2.75) is 24.0 Å². The van der Waals surface area contributed by atoms with E-state index < -0.39 is 10.0 Å². The van der Waals surface area contributed by atoms with Crippen molar-refractivity contribution in [1.82, 2.24) is 4.31 Å². The van der Waals surface area contributed by atoms with Crippen LogP contribution in [0.5, 0.6) is 11.5 Å². The smallest absolute Gasteiger partial charge is 0.252 e. The van der Waals surface area contributed by atoms with Crippen molar-refractivity contribution in [2.75, 3.05) is 25.2 Å². The zero-order chi connectivity index (χ0) is 19.0. The van der Waals surface area contributed by atoms with Crippen molar-refractivity contribution in [3.8, 4) is 11.5 Å². The minimum Gasteiger partial charge on any atom is -0.454 e. The van der Waals surface area contributed by atoms with Crippen molar-refractivity contribution in [2.24, 2.45) is 5.92 Å². The van der Waals surface area contributed by atoms with Crippen molar-refractivity contribution in [3.05, 3.63) is 35.2 Å². The molecule has 2 aliphatic heterocycles. The summed E-state index contributed by atoms with van der Waals surface area (Å²) in [7, 11) is -3.55. The van der Waals surface area contributed by atoms with Gasteiger partial charge in [-0.15, -0.1) is 11.3 Å². The summed E-state index contributed by atoms with van der Waals surface area (Å²) in [6.07, 6.45) is 1.31. The molecule has 2 aliphatic rings. The Balaban J connectivity index is 1.45. The van der Waals surface area contributed by atoms with Gasteiger partial charge in [0.15, 0.2) is 11.5 Å². The number of sulfonamides is 1. The second-order valence-corrected chi connectivity index (χ2v) is 10.1. The molecule has 1 saturated heterocycles. The first kappa shape index (κ1) is 18.3. The van der Waals surface area contributed by atoms with Crippen molar-refractivity contribution < 1.29 is 22.7 Å². The highest BCUT2D eigenvalue weighted by Crippen LogP contribution is 2.34. The summed E-state index contributed by atoms with van der Waals surface area (Å²) in [5.74, 6) is 0.666. The molecule has 1 aromatic carbocycles. The van der Waals surface area contributed by atoms with Gasteiger partial charge < -0.3 is 14.8 Å². The van der Waals surface area contributed by atoms with Gasteiger partial charge in [0.1, 0.15) is 4.21 Å². The standard InChI is InChI=1S/C18H20N2O5S2/c1-12-4-7-17(26-12)27(22,23)20-8-2-3-13(10-20)18(21)19-14-5-6-15-16(9-14)25-11-24-15/h4-7,9,13H,2-3,8,10-11H2,1H3,(H,19,21)/t13-/m0/s1. The van der Waals surface area contributed by atoms with Crippen LogP contribution in [0.3, 0.4) is 0 Å². The van der Waals surface area contributed by atoms with Gasteiger partial charge in [0.05, 0.1) is 5.92 Å². The maximum absolute atomic E-state index is 12.8. The van der Waals surface area contributed by atoms with Crippen LogP contribution in [-0.4, -0.2) is 38.5 Å². The van der Waals surface area contributed by atoms with Crippen molar-refractivity contribution in [1.29, 1.82) is 0 Å². The molecule has 0 aliphatic carbocycles. The molecule has 0 unspecified atom stereocenters. The third-order valence-electron chi connectivity index (χ3n) is 4.70. The summed E-state index contributed by atoms with van der Waals surface area (Å²) < 4.78 is 38.0. The van der Waals surface area contributed by atoms with E-state index in [-0.39, 0.29) is 25.2 Å². The summed E-state index contributed by atoms with van der Waals surface area (Å²) in [5.41, 5.74) is 0.609. The second-order valence-electron chi connectivity index (χ2n) is 6.62. The highest BCUT2D eigenvalue weighted by molar-refractivity contribution is 7.91. The number of benzene rings is 1. The van der Waals surface area contributed by atoms with Gasteiger partial charge in [0.2, 0.25) is 12.7 Å². The lowest BCUT2D eigenvalue weighted by molar-refractivity contribution is -0.120. The number of anilines is 1. The van der Waals surface area contributed by atoms with Gasteiger partial charge in [-0.05, 0) is 44.0 Å². The molecule has 2 aromatic rings. The molecular weight excluding hydrogens is 388 g/mol. The molecule has 1 atom stereocenters. The van der Waals surface area contributed by atoms with E-state index in [0.29, 0.717) is 40.8 Å². The fourth-order valence-electron chi connectivity index (χ4n) is 3.27. The number of carbonyl (C=O) groups is 1. The molecule has 4 rings (SSSR count). The largest absolute Gasteiger partial charge is 0.454 e. The van der Waals surface area contributed by atoms with E-state index >= 15 is 0 Å². The molecule has 1 N–H and O–H groups in total. The van der Waals surface area contributed by atoms with Gasteiger partial charge in [-0.2, -0.15) is 4.31 Å². The van der Waals surface area contributed by atoms with E-state index in [1.54, 1.807) is 30.3 Å². The molecule has 1 amide bonds. The van der Waals surface area contributed by atoms with Crippen LogP contribution in [-0.2, 0) is 14.8 Å². The number of carbonyl (C=O) groups excluding carboxylic acids is 1. The number of hydrogen-bond donors (Lipinski definition) is 1. The number of fused-ring (bicyclic) bond motifs is 1. The predicted octanol–water partition coefficient (Wildman–Crippen LogP) is 2.82. The Morgan fingerprint density at radius 2 is 2.04 bits per heavy atom. The first-order valence-corrected chi connectivity index (χ1v) is 11.0. The minimum atomic E-state index is -3.55. The molecule has 7 nitrogen and oxygen atoms in total. The fourth-order valence-corrected chi connectivity index (χ4v) is 6.23. The van der Waals surface area contributed by atoms with E-state index in [9.17, 15) is 13.2 Å². The maximum atomic E-state index is 12.8. The molecule has 27 heavy (non-hydrogen) atoms. The summed E-state index contributed by atoms with van der Waals surface area (Å²) in [5, 5.41) is 2.86. The molecule has 9 heteroatoms. The summed E-state index contributed by atoms with van der Waals surface area (Å²) >= 11 is 1.26. The van der Waals surface area contributed by atoms with Gasteiger partial charge >= 0.3 is 0 Å². The monoisotopic (exact) mass is 408 g/mol. The number of amides is 1. The van der Waals surface area contributed by atoms with Gasteiger partial charge in [-0.1, -0.05) is 0 Å². The Hall–Kier alpha value is -2.10. The number of ether oxygens (including phenoxy) is 2. The summed E-state index contributed by atoms with van der Waals surface area (Å²) in [6, 6.07) is 8.63. The zero-order valence-electron chi connectivity index (χ0n) is 14.8. The fraction of sp³-hybridized carbons (Fsp3) is 0.389. The highest BCUT2D eigenvalue weighted by atomic mass is 32.2. The number of nitrogens with one attached hydrogen (secondary N) is 1. The Labute approximate surface area is 161 Å². The quantitative estimate of drug-likeness (QED) is 0.841. The van der Waals surface area contributed by atoms with Crippen LogP contribution >= 0.6 is 11.3 Å². The van der Waals surface area contributed by atoms with E-state index in [1.165, 1.54) is 15.6 Å². The number of piperidine rings is 1. The van der Waals surface area contributed by atoms with Crippen molar-refractivity contribution in [3.63, 3.8) is 0 Å². The van der Waals surface area contributed by atoms with Crippen LogP contribution in [0.2, 0.25) is 0 Å². The average Bonchev–Trinajstić information content (AvgIpc) is 3.30. The van der Waals surface area contributed by atoms with Crippen LogP contribution in [0.25, 0.3) is 0 Å². The van der Waals surface area contributed by atoms with E-state index in [0.717, 1.165) is 4.88 Å². The van der Waals surface area contributed by atoms with Crippen LogP contribution in [0.1, 0.15) is 17.7 Å². The second kappa shape index (κ2) is 7.14. The predicted molar refractivity (Wildman–Crippen MR) is 102 cm³/mol. The first-order valence-electron chi connectivity index (χ1n) is 8.70. The lowest BCUT2D eigenvalue weighted by Crippen LogP contribution is -2.43. The van der Waals surface area contributed by atoms with Crippen molar-refractivity contribution >= 4 is 33.0 Å². The van der Waals surface area contributed by atoms with Gasteiger partial charge in [-0.25, -0.2) is 8.42 Å². The average molecular weight is 409 g/mol. The Morgan fingerprint density at radius 1 is 1.22 bits per heavy atom. The zero-order valence-corrected chi connectivity index (χ0v) is 16.4. The molecule has 1 aromatic heterocycles. The summed E-state index contributed by atoms with van der Waals surface area (Å²) in [6.45, 7) is 2.68. The Kier molecular flexibility index (Phi) is 4.83. The number of nitrogens with zero attached hydrogens (tertiary/aromatic N) is 1. The molecular formula is C18H20N2O5S2. The molecule has 0 bridgehead atoms. The van der Waals surface area contributed by atoms with E-state index in [1.807, 2.05) is 6.92 Å². The number of aryl methyl sites for hydroxylation is 1. The number of hydrogen-bond acceptors (Lipinski definition) is 6. The minimum absolute atomic E-state index is 0.171. The number of thiophene rings is 1. The SMILES string of the molecule is Cc1ccc(S(=O)(=O)N2CCC[C@H](C(=O)Nc3ccc4c(c3)OCO4)C2)s1. The van der Waals surface area contributed by atoms with Gasteiger partial charge in [-0.3, -0.25) is 4.79 Å². The lowest BCUT2D eigenvalue weighted by atomic mass is 9.98. The van der Waals surface area contributed by atoms with Crippen LogP contribution < -0.4 is 14.8 Å². The van der Waals surface area contributed by atoms with Gasteiger partial charge in [0, 0.05) is 29.7 Å². The molecule has 3 heterocycles. The van der Waals surface area contributed by atoms with Gasteiger partial charge in [0.25, 0.3) is 10.0 Å². The van der Waals surface area contributed by atoms with Crippen LogP contribution in [0, 0.1) is 12.8 Å². The summed E-state index contributed by atoms with van der Waals surface area (Å²) in [4.78, 5) is 13.6. The molecule has 0 spiro atoms. The molecule has 144 valence electrons. The van der Waals surface area contributed by atoms with E-state index in [4.69, 9.17) is 9.47 Å². The Bertz CT molecular complexity index is 970. The first-order chi connectivity index (χ1) is 12.9. The third kappa shape index (κ3) is 3.67. The molecule has 0 radical (unpaired) electrons. The van der Waals surface area contributed by atoms with E-state index in [2.05, 4.69) is 5.32 Å². The lowest BCUT2D eigenvalue weighted by Gasteiger charge is -2.30. The maximum Gasteiger partial charge on any atom is 0.252 e. The third-order valence-corrected chi connectivity index (χ3v) is 8.04. The molecule has 1 fully saturated rings. The molecule has 0 saturated carbocycles.